The highest BCUT2D eigenvalue weighted by Crippen LogP contribution is 2.33. The van der Waals surface area contributed by atoms with Crippen LogP contribution in [0.2, 0.25) is 0 Å². The van der Waals surface area contributed by atoms with Gasteiger partial charge in [-0.15, -0.1) is 0 Å². The van der Waals surface area contributed by atoms with Crippen LogP contribution in [0.5, 0.6) is 0 Å². The number of hydrogen-bond donors (Lipinski definition) is 4. The Balaban J connectivity index is 1.48. The van der Waals surface area contributed by atoms with E-state index < -0.39 is 0 Å². The standard InChI is InChI=1S/C54H51BrN4/c1-29-22-32(4)48(33(5)23-29)52-42-16-14-40(56-42)51(39-12-10-38(28-55)11-13-39)41-15-17-43(57-41)53(49-34(6)24-30(2)25-35(49)7)45-19-21-47(59-45)54(46-20-18-44(52)58-46)50-36(8)26-31(3)27-37(50)9/h10-27,56-59H,28H2,1-9H3. The number of fused-ring (bicyclic) bond motifs is 8. The number of halogens is 1. The van der Waals surface area contributed by atoms with Gasteiger partial charge in [0.25, 0.3) is 0 Å². The summed E-state index contributed by atoms with van der Waals surface area (Å²) in [6.45, 7) is 20.0. The molecule has 0 unspecified atom stereocenters. The zero-order valence-electron chi connectivity index (χ0n) is 35.5. The largest absolute Gasteiger partial charge is 0.354 e. The summed E-state index contributed by atoms with van der Waals surface area (Å²) in [7, 11) is 0. The lowest BCUT2D eigenvalue weighted by atomic mass is 9.91. The van der Waals surface area contributed by atoms with Crippen LogP contribution in [0, 0.1) is 62.3 Å². The molecule has 0 atom stereocenters. The lowest BCUT2D eigenvalue weighted by Gasteiger charge is -2.16. The summed E-state index contributed by atoms with van der Waals surface area (Å²) in [5.41, 5.74) is 26.1. The fraction of sp³-hybridized carbons (Fsp3) is 0.185. The van der Waals surface area contributed by atoms with Gasteiger partial charge in [0, 0.05) is 71.8 Å². The number of alkyl halides is 1. The maximum Gasteiger partial charge on any atom is 0.0486 e. The van der Waals surface area contributed by atoms with Crippen LogP contribution in [0.15, 0.2) is 109 Å². The summed E-state index contributed by atoms with van der Waals surface area (Å²) < 4.78 is 0. The molecule has 59 heavy (non-hydrogen) atoms. The van der Waals surface area contributed by atoms with Crippen LogP contribution < -0.4 is 21.4 Å². The molecule has 1 aliphatic heterocycles. The number of nitrogens with one attached hydrogen (secondary N) is 4. The number of aromatic nitrogens is 4. The van der Waals surface area contributed by atoms with Crippen molar-refractivity contribution in [1.29, 1.82) is 0 Å². The highest BCUT2D eigenvalue weighted by atomic mass is 79.9. The van der Waals surface area contributed by atoms with E-state index in [0.29, 0.717) is 0 Å². The van der Waals surface area contributed by atoms with E-state index >= 15 is 0 Å². The number of aryl methyl sites for hydroxylation is 9. The van der Waals surface area contributed by atoms with Gasteiger partial charge >= 0.3 is 0 Å². The first-order valence-electron chi connectivity index (χ1n) is 20.5. The van der Waals surface area contributed by atoms with Gasteiger partial charge in [-0.2, -0.15) is 0 Å². The Kier molecular flexibility index (Phi) is 9.76. The Morgan fingerprint density at radius 2 is 0.627 bits per heavy atom. The van der Waals surface area contributed by atoms with Crippen LogP contribution >= 0.6 is 15.9 Å². The van der Waals surface area contributed by atoms with Crippen LogP contribution in [0.3, 0.4) is 0 Å². The second-order valence-electron chi connectivity index (χ2n) is 16.8. The van der Waals surface area contributed by atoms with Crippen molar-refractivity contribution in [2.24, 2.45) is 0 Å². The number of rotatable bonds is 5. The van der Waals surface area contributed by atoms with Crippen LogP contribution in [-0.4, -0.2) is 19.9 Å². The van der Waals surface area contributed by atoms with E-state index in [4.69, 9.17) is 0 Å². The minimum absolute atomic E-state index is 0.807. The highest BCUT2D eigenvalue weighted by molar-refractivity contribution is 9.08. The molecule has 4 aromatic carbocycles. The van der Waals surface area contributed by atoms with Crippen LogP contribution in [0.1, 0.15) is 101 Å². The predicted molar refractivity (Wildman–Crippen MR) is 249 cm³/mol. The molecule has 8 aromatic rings. The van der Waals surface area contributed by atoms with E-state index in [-0.39, 0.29) is 0 Å². The second kappa shape index (κ2) is 15.0. The first-order chi connectivity index (χ1) is 28.4. The van der Waals surface area contributed by atoms with Crippen LogP contribution in [-0.2, 0) is 5.33 Å². The van der Waals surface area contributed by atoms with Crippen LogP contribution in [0.25, 0.3) is 22.3 Å². The Morgan fingerprint density at radius 3 is 0.932 bits per heavy atom. The molecule has 0 saturated heterocycles. The topological polar surface area (TPSA) is 63.2 Å². The number of H-pyrrole nitrogens is 4. The number of hydrogen-bond acceptors (Lipinski definition) is 0. The van der Waals surface area contributed by atoms with E-state index in [2.05, 4.69) is 207 Å². The van der Waals surface area contributed by atoms with Crippen molar-refractivity contribution < 1.29 is 0 Å². The van der Waals surface area contributed by atoms with E-state index in [9.17, 15) is 0 Å². The van der Waals surface area contributed by atoms with Gasteiger partial charge in [-0.25, -0.2) is 0 Å². The van der Waals surface area contributed by atoms with Crippen LogP contribution in [0.4, 0.5) is 0 Å². The molecular weight excluding hydrogens is 785 g/mol. The summed E-state index contributed by atoms with van der Waals surface area (Å²) in [5.74, 6) is 0. The second-order valence-corrected chi connectivity index (χ2v) is 17.4. The molecule has 5 heterocycles. The molecule has 0 aliphatic carbocycles. The zero-order chi connectivity index (χ0) is 41.3. The minimum atomic E-state index is 0.807. The van der Waals surface area contributed by atoms with E-state index in [1.165, 1.54) is 72.3 Å². The van der Waals surface area contributed by atoms with E-state index in [0.717, 1.165) is 77.4 Å². The van der Waals surface area contributed by atoms with Gasteiger partial charge in [0.15, 0.2) is 0 Å². The molecule has 0 fully saturated rings. The zero-order valence-corrected chi connectivity index (χ0v) is 37.1. The summed E-state index contributed by atoms with van der Waals surface area (Å²) in [6.07, 6.45) is 0. The smallest absolute Gasteiger partial charge is 0.0486 e. The Labute approximate surface area is 355 Å². The quantitative estimate of drug-likeness (QED) is 0.125. The summed E-state index contributed by atoms with van der Waals surface area (Å²) >= 11 is 3.66. The Morgan fingerprint density at radius 1 is 0.339 bits per heavy atom. The molecule has 8 bridgehead atoms. The van der Waals surface area contributed by atoms with E-state index in [1.54, 1.807) is 0 Å². The average Bonchev–Trinajstić information content (AvgIpc) is 4.02. The first kappa shape index (κ1) is 38.5. The highest BCUT2D eigenvalue weighted by Gasteiger charge is 2.22. The van der Waals surface area contributed by atoms with Crippen molar-refractivity contribution in [3.63, 3.8) is 0 Å². The molecular formula is C54H51BrN4. The summed E-state index contributed by atoms with van der Waals surface area (Å²) in [6, 6.07) is 40.8. The van der Waals surface area contributed by atoms with E-state index in [1.807, 2.05) is 0 Å². The third-order valence-corrected chi connectivity index (χ3v) is 12.7. The van der Waals surface area contributed by atoms with Crippen molar-refractivity contribution in [1.82, 2.24) is 19.9 Å². The normalized spacial score (nSPS) is 12.8. The van der Waals surface area contributed by atoms with Crippen molar-refractivity contribution in [2.45, 2.75) is 67.6 Å². The number of aromatic amines is 4. The third-order valence-electron chi connectivity index (χ3n) is 12.1. The van der Waals surface area contributed by atoms with Gasteiger partial charge in [-0.05, 0) is 172 Å². The maximum absolute atomic E-state index is 4.01. The summed E-state index contributed by atoms with van der Waals surface area (Å²) in [5, 5.41) is 5.03. The predicted octanol–water partition coefficient (Wildman–Crippen LogP) is 9.97. The lowest BCUT2D eigenvalue weighted by Crippen LogP contribution is -2.20. The Bertz CT molecular complexity index is 3160. The van der Waals surface area contributed by atoms with Crippen molar-refractivity contribution in [3.05, 3.63) is 231 Å². The molecule has 9 rings (SSSR count). The molecule has 0 radical (unpaired) electrons. The Hall–Kier alpha value is -6.04. The average molecular weight is 836 g/mol. The fourth-order valence-electron chi connectivity index (χ4n) is 9.93. The van der Waals surface area contributed by atoms with Gasteiger partial charge in [0.05, 0.1) is 0 Å². The molecule has 294 valence electrons. The monoisotopic (exact) mass is 834 g/mol. The number of benzene rings is 4. The van der Waals surface area contributed by atoms with Gasteiger partial charge < -0.3 is 19.9 Å². The molecule has 5 heteroatoms. The third kappa shape index (κ3) is 6.81. The van der Waals surface area contributed by atoms with Gasteiger partial charge in [0.2, 0.25) is 0 Å². The van der Waals surface area contributed by atoms with Crippen molar-refractivity contribution in [3.8, 4) is 0 Å². The molecule has 0 saturated carbocycles. The van der Waals surface area contributed by atoms with Gasteiger partial charge in [0.1, 0.15) is 0 Å². The van der Waals surface area contributed by atoms with Crippen molar-refractivity contribution in [2.75, 3.05) is 0 Å². The molecule has 0 spiro atoms. The molecule has 4 nitrogen and oxygen atoms in total. The minimum Gasteiger partial charge on any atom is -0.354 e. The maximum atomic E-state index is 4.01. The lowest BCUT2D eigenvalue weighted by molar-refractivity contribution is 1.17. The molecule has 1 aliphatic rings. The molecule has 4 aromatic heterocycles. The van der Waals surface area contributed by atoms with Crippen molar-refractivity contribution >= 4 is 38.2 Å². The van der Waals surface area contributed by atoms with Gasteiger partial charge in [-0.3, -0.25) is 0 Å². The van der Waals surface area contributed by atoms with Gasteiger partial charge in [-0.1, -0.05) is 93.3 Å². The molecule has 4 N–H and O–H groups in total. The fourth-order valence-corrected chi connectivity index (χ4v) is 10.3. The SMILES string of the molecule is Cc1cc(C)c(C2=c3ccc([nH]3)=C(c3ccc(CBr)cc3)c3ccc([nH]3)C(c3c(C)cc(C)cc3C)=c3ccc([nH]3)=C(c3c(C)cc(C)cc3C)c3ccc2[nH]3)c(C)c1. The molecule has 0 amide bonds. The summed E-state index contributed by atoms with van der Waals surface area (Å²) in [4.78, 5) is 16.0. The first-order valence-corrected chi connectivity index (χ1v) is 21.7.